The summed E-state index contributed by atoms with van der Waals surface area (Å²) in [4.78, 5) is 16.2. The van der Waals surface area contributed by atoms with Crippen molar-refractivity contribution in [2.45, 2.75) is 12.3 Å². The van der Waals surface area contributed by atoms with Crippen LogP contribution < -0.4 is 5.73 Å². The molecule has 2 rings (SSSR count). The van der Waals surface area contributed by atoms with Crippen molar-refractivity contribution >= 4 is 5.78 Å². The quantitative estimate of drug-likeness (QED) is 0.868. The molecule has 2 aromatic rings. The molecular formula is C15H16N2O. The summed E-state index contributed by atoms with van der Waals surface area (Å²) in [6.07, 6.45) is 3.80. The normalized spacial score (nSPS) is 12.1. The second kappa shape index (κ2) is 6.07. The number of aromatic nitrogens is 1. The fourth-order valence-electron chi connectivity index (χ4n) is 1.97. The second-order valence-electron chi connectivity index (χ2n) is 4.20. The third kappa shape index (κ3) is 3.02. The van der Waals surface area contributed by atoms with Gasteiger partial charge in [-0.25, -0.2) is 0 Å². The van der Waals surface area contributed by atoms with Crippen LogP contribution in [0.15, 0.2) is 54.9 Å². The van der Waals surface area contributed by atoms with Gasteiger partial charge in [-0.1, -0.05) is 36.4 Å². The molecule has 2 N–H and O–H groups in total. The van der Waals surface area contributed by atoms with Gasteiger partial charge < -0.3 is 5.73 Å². The van der Waals surface area contributed by atoms with Gasteiger partial charge >= 0.3 is 0 Å². The molecule has 0 aliphatic carbocycles. The van der Waals surface area contributed by atoms with Crippen molar-refractivity contribution in [1.29, 1.82) is 0 Å². The van der Waals surface area contributed by atoms with Crippen molar-refractivity contribution in [3.05, 3.63) is 66.0 Å². The first kappa shape index (κ1) is 12.5. The topological polar surface area (TPSA) is 56.0 Å². The van der Waals surface area contributed by atoms with Crippen LogP contribution >= 0.6 is 0 Å². The number of Topliss-reactive ketones (excluding diaryl/α,β-unsaturated/α-hetero) is 1. The summed E-state index contributed by atoms with van der Waals surface area (Å²) < 4.78 is 0. The van der Waals surface area contributed by atoms with Gasteiger partial charge in [-0.2, -0.15) is 0 Å². The lowest BCUT2D eigenvalue weighted by Gasteiger charge is -2.13. The predicted molar refractivity (Wildman–Crippen MR) is 71.2 cm³/mol. The molecule has 0 saturated heterocycles. The summed E-state index contributed by atoms with van der Waals surface area (Å²) in [5, 5.41) is 0. The van der Waals surface area contributed by atoms with Gasteiger partial charge in [0, 0.05) is 25.4 Å². The molecule has 0 amide bonds. The summed E-state index contributed by atoms with van der Waals surface area (Å²) in [6.45, 7) is 0.336. The molecule has 1 atom stereocenters. The van der Waals surface area contributed by atoms with Crippen LogP contribution in [-0.2, 0) is 11.2 Å². The summed E-state index contributed by atoms with van der Waals surface area (Å²) in [6, 6.07) is 13.4. The van der Waals surface area contributed by atoms with Crippen molar-refractivity contribution in [2.75, 3.05) is 6.54 Å². The van der Waals surface area contributed by atoms with E-state index in [-0.39, 0.29) is 11.7 Å². The molecular weight excluding hydrogens is 224 g/mol. The van der Waals surface area contributed by atoms with E-state index in [1.54, 1.807) is 12.4 Å². The predicted octanol–water partition coefficient (Wildman–Crippen LogP) is 1.94. The van der Waals surface area contributed by atoms with Gasteiger partial charge in [-0.3, -0.25) is 9.78 Å². The van der Waals surface area contributed by atoms with E-state index in [1.807, 2.05) is 42.5 Å². The van der Waals surface area contributed by atoms with Gasteiger partial charge in [0.05, 0.1) is 5.92 Å². The van der Waals surface area contributed by atoms with Crippen LogP contribution in [0.4, 0.5) is 0 Å². The summed E-state index contributed by atoms with van der Waals surface area (Å²) in [5.41, 5.74) is 7.63. The van der Waals surface area contributed by atoms with Crippen LogP contribution in [0.5, 0.6) is 0 Å². The number of carbonyl (C=O) groups is 1. The molecule has 3 nitrogen and oxygen atoms in total. The maximum absolute atomic E-state index is 12.2. The maximum atomic E-state index is 12.2. The zero-order valence-corrected chi connectivity index (χ0v) is 10.1. The number of nitrogens with zero attached hydrogens (tertiary/aromatic N) is 1. The average molecular weight is 240 g/mol. The van der Waals surface area contributed by atoms with Crippen LogP contribution in [0.1, 0.15) is 17.0 Å². The lowest BCUT2D eigenvalue weighted by Crippen LogP contribution is -2.23. The molecule has 3 heteroatoms. The standard InChI is InChI=1S/C15H16N2O/c16-10-14(13-6-2-1-3-7-13)15(18)9-12-5-4-8-17-11-12/h1-8,11,14H,9-10,16H2. The number of nitrogens with two attached hydrogens (primary N) is 1. The Morgan fingerprint density at radius 2 is 1.94 bits per heavy atom. The zero-order chi connectivity index (χ0) is 12.8. The third-order valence-electron chi connectivity index (χ3n) is 2.93. The molecule has 1 heterocycles. The van der Waals surface area contributed by atoms with E-state index in [1.165, 1.54) is 0 Å². The largest absolute Gasteiger partial charge is 0.329 e. The highest BCUT2D eigenvalue weighted by Gasteiger charge is 2.18. The van der Waals surface area contributed by atoms with Crippen molar-refractivity contribution in [3.63, 3.8) is 0 Å². The van der Waals surface area contributed by atoms with Crippen molar-refractivity contribution in [3.8, 4) is 0 Å². The van der Waals surface area contributed by atoms with Gasteiger partial charge in [0.15, 0.2) is 0 Å². The molecule has 1 unspecified atom stereocenters. The molecule has 1 aromatic heterocycles. The monoisotopic (exact) mass is 240 g/mol. The molecule has 0 radical (unpaired) electrons. The van der Waals surface area contributed by atoms with Crippen molar-refractivity contribution in [1.82, 2.24) is 4.98 Å². The third-order valence-corrected chi connectivity index (χ3v) is 2.93. The van der Waals surface area contributed by atoms with Gasteiger partial charge in [-0.05, 0) is 17.2 Å². The number of hydrogen-bond acceptors (Lipinski definition) is 3. The molecule has 0 bridgehead atoms. The number of benzene rings is 1. The van der Waals surface area contributed by atoms with Crippen molar-refractivity contribution in [2.24, 2.45) is 5.73 Å². The van der Waals surface area contributed by atoms with Crippen LogP contribution in [0.2, 0.25) is 0 Å². The van der Waals surface area contributed by atoms with E-state index < -0.39 is 0 Å². The average Bonchev–Trinajstić information content (AvgIpc) is 2.42. The number of rotatable bonds is 5. The highest BCUT2D eigenvalue weighted by atomic mass is 16.1. The Balaban J connectivity index is 2.12. The van der Waals surface area contributed by atoms with Crippen LogP contribution in [0.3, 0.4) is 0 Å². The van der Waals surface area contributed by atoms with Crippen LogP contribution in [0, 0.1) is 0 Å². The van der Waals surface area contributed by atoms with E-state index in [0.717, 1.165) is 11.1 Å². The molecule has 0 aliphatic rings. The van der Waals surface area contributed by atoms with Gasteiger partial charge in [0.1, 0.15) is 5.78 Å². The Labute approximate surface area is 107 Å². The van der Waals surface area contributed by atoms with E-state index in [0.29, 0.717) is 13.0 Å². The van der Waals surface area contributed by atoms with Crippen LogP contribution in [0.25, 0.3) is 0 Å². The Morgan fingerprint density at radius 3 is 2.56 bits per heavy atom. The molecule has 1 aromatic carbocycles. The fourth-order valence-corrected chi connectivity index (χ4v) is 1.97. The molecule has 0 spiro atoms. The Morgan fingerprint density at radius 1 is 1.17 bits per heavy atom. The lowest BCUT2D eigenvalue weighted by molar-refractivity contribution is -0.119. The molecule has 0 aliphatic heterocycles. The first-order valence-electron chi connectivity index (χ1n) is 5.98. The minimum absolute atomic E-state index is 0.136. The van der Waals surface area contributed by atoms with E-state index >= 15 is 0 Å². The summed E-state index contributed by atoms with van der Waals surface area (Å²) in [5.74, 6) is -0.0943. The molecule has 92 valence electrons. The van der Waals surface area contributed by atoms with Gasteiger partial charge in [-0.15, -0.1) is 0 Å². The lowest BCUT2D eigenvalue weighted by atomic mass is 9.91. The van der Waals surface area contributed by atoms with Crippen molar-refractivity contribution < 1.29 is 4.79 Å². The Bertz CT molecular complexity index is 496. The first-order valence-corrected chi connectivity index (χ1v) is 5.98. The summed E-state index contributed by atoms with van der Waals surface area (Å²) in [7, 11) is 0. The second-order valence-corrected chi connectivity index (χ2v) is 4.20. The highest BCUT2D eigenvalue weighted by molar-refractivity contribution is 5.87. The van der Waals surface area contributed by atoms with Gasteiger partial charge in [0.2, 0.25) is 0 Å². The first-order chi connectivity index (χ1) is 8.81. The number of pyridine rings is 1. The smallest absolute Gasteiger partial charge is 0.146 e. The molecule has 0 saturated carbocycles. The zero-order valence-electron chi connectivity index (χ0n) is 10.1. The van der Waals surface area contributed by atoms with E-state index in [2.05, 4.69) is 4.98 Å². The Kier molecular flexibility index (Phi) is 4.20. The minimum atomic E-state index is -0.230. The number of carbonyl (C=O) groups excluding carboxylic acids is 1. The van der Waals surface area contributed by atoms with Crippen LogP contribution in [-0.4, -0.2) is 17.3 Å². The van der Waals surface area contributed by atoms with Gasteiger partial charge in [0.25, 0.3) is 0 Å². The van der Waals surface area contributed by atoms with E-state index in [9.17, 15) is 4.79 Å². The number of ketones is 1. The maximum Gasteiger partial charge on any atom is 0.146 e. The molecule has 0 fully saturated rings. The summed E-state index contributed by atoms with van der Waals surface area (Å²) >= 11 is 0. The SMILES string of the molecule is NCC(C(=O)Cc1cccnc1)c1ccccc1. The highest BCUT2D eigenvalue weighted by Crippen LogP contribution is 2.17. The fraction of sp³-hybridized carbons (Fsp3) is 0.200. The number of hydrogen-bond donors (Lipinski definition) is 1. The van der Waals surface area contributed by atoms with E-state index in [4.69, 9.17) is 5.73 Å². The Hall–Kier alpha value is -2.00. The molecule has 18 heavy (non-hydrogen) atoms. The minimum Gasteiger partial charge on any atom is -0.329 e.